The number of benzene rings is 1. The largest absolute Gasteiger partial charge is 0.496 e. The number of methoxy groups -OCH3 is 1. The van der Waals surface area contributed by atoms with Crippen molar-refractivity contribution in [3.63, 3.8) is 0 Å². The average Bonchev–Trinajstić information content (AvgIpc) is 3.57. The molecule has 1 aromatic carbocycles. The number of anilines is 2. The van der Waals surface area contributed by atoms with Crippen molar-refractivity contribution in [2.24, 2.45) is 11.8 Å². The Bertz CT molecular complexity index is 1550. The van der Waals surface area contributed by atoms with Gasteiger partial charge in [-0.05, 0) is 36.1 Å². The molecule has 53 heavy (non-hydrogen) atoms. The molecule has 13 nitrogen and oxygen atoms in total. The van der Waals surface area contributed by atoms with Gasteiger partial charge in [0.05, 0.1) is 31.8 Å². The van der Waals surface area contributed by atoms with Crippen LogP contribution in [0.1, 0.15) is 91.7 Å². The van der Waals surface area contributed by atoms with Gasteiger partial charge in [0.2, 0.25) is 17.8 Å². The molecule has 4 rings (SSSR count). The van der Waals surface area contributed by atoms with Gasteiger partial charge in [-0.25, -0.2) is 4.98 Å². The van der Waals surface area contributed by atoms with E-state index >= 15 is 0 Å². The van der Waals surface area contributed by atoms with Crippen molar-refractivity contribution in [1.29, 1.82) is 0 Å². The first-order chi connectivity index (χ1) is 25.6. The number of hydrogen-bond acceptors (Lipinski definition) is 10. The summed E-state index contributed by atoms with van der Waals surface area (Å²) in [5.41, 5.74) is 9.73. The second-order valence-electron chi connectivity index (χ2n) is 13.3. The van der Waals surface area contributed by atoms with Crippen LogP contribution in [0.5, 0.6) is 5.75 Å². The Morgan fingerprint density at radius 3 is 2.38 bits per heavy atom. The Kier molecular flexibility index (Phi) is 19.9. The van der Waals surface area contributed by atoms with Gasteiger partial charge in [0.25, 0.3) is 0 Å². The normalized spacial score (nSPS) is 14.1. The number of rotatable bonds is 18. The van der Waals surface area contributed by atoms with Crippen molar-refractivity contribution in [3.05, 3.63) is 41.6 Å². The van der Waals surface area contributed by atoms with Crippen LogP contribution in [0.25, 0.3) is 11.0 Å². The number of nitrogens with zero attached hydrogens (tertiary/aromatic N) is 6. The molecule has 1 fully saturated rings. The monoisotopic (exact) mass is 739 g/mol. The summed E-state index contributed by atoms with van der Waals surface area (Å²) in [5.74, 6) is 1.20. The van der Waals surface area contributed by atoms with E-state index in [1.165, 1.54) is 0 Å². The van der Waals surface area contributed by atoms with Crippen molar-refractivity contribution in [2.75, 3.05) is 64.5 Å². The molecular formula is C40H66N8O5. The minimum absolute atomic E-state index is 0.00893. The standard InChI is InChI=1S/C36H54N8O5.2C2H6/c1-6-7-8-28(24-46)38-34-33-30(39-36(37)40-34)11-15-44(33)23-27-21-26(9-10-31(27)49-5)22-42-16-18-43(19-17-42)32(47)12-14-41(4)35(48)29(13-20-45)25(2)3;2*1-2/h9-11,15,20-21,25,28-29,46H,6-8,12-14,16-19,22-24H2,1-5H3,(H3,37,38,39,40);2*1-2H3. The molecule has 1 aliphatic heterocycles. The fraction of sp³-hybridized carbons (Fsp3) is 0.625. The number of aromatic nitrogens is 3. The topological polar surface area (TPSA) is 159 Å². The van der Waals surface area contributed by atoms with Gasteiger partial charge in [-0.3, -0.25) is 14.5 Å². The van der Waals surface area contributed by atoms with Crippen LogP contribution in [0.4, 0.5) is 11.8 Å². The zero-order valence-electron chi connectivity index (χ0n) is 33.7. The van der Waals surface area contributed by atoms with E-state index in [1.807, 2.05) is 64.8 Å². The van der Waals surface area contributed by atoms with Crippen LogP contribution in [0.15, 0.2) is 30.5 Å². The number of nitrogen functional groups attached to an aromatic ring is 1. The van der Waals surface area contributed by atoms with E-state index in [0.717, 1.165) is 73.1 Å². The van der Waals surface area contributed by atoms with Crippen LogP contribution < -0.4 is 15.8 Å². The summed E-state index contributed by atoms with van der Waals surface area (Å²) < 4.78 is 7.82. The highest BCUT2D eigenvalue weighted by molar-refractivity contribution is 5.88. The predicted octanol–water partition coefficient (Wildman–Crippen LogP) is 5.44. The molecule has 296 valence electrons. The summed E-state index contributed by atoms with van der Waals surface area (Å²) in [7, 11) is 3.37. The maximum Gasteiger partial charge on any atom is 0.226 e. The summed E-state index contributed by atoms with van der Waals surface area (Å²) in [5, 5.41) is 13.4. The number of carbonyl (C=O) groups excluding carboxylic acids is 3. The molecule has 3 aromatic rings. The van der Waals surface area contributed by atoms with Crippen molar-refractivity contribution in [2.45, 2.75) is 99.7 Å². The molecule has 0 spiro atoms. The number of hydrogen-bond donors (Lipinski definition) is 3. The van der Waals surface area contributed by atoms with Crippen molar-refractivity contribution >= 4 is 40.9 Å². The maximum absolute atomic E-state index is 13.0. The van der Waals surface area contributed by atoms with Crippen LogP contribution in [-0.2, 0) is 27.5 Å². The third-order valence-electron chi connectivity index (χ3n) is 9.42. The number of carbonyl (C=O) groups is 3. The number of nitrogens with one attached hydrogen (secondary N) is 1. The van der Waals surface area contributed by atoms with E-state index in [9.17, 15) is 19.5 Å². The first-order valence-electron chi connectivity index (χ1n) is 19.4. The second kappa shape index (κ2) is 23.4. The summed E-state index contributed by atoms with van der Waals surface area (Å²) in [6.45, 7) is 18.3. The quantitative estimate of drug-likeness (QED) is 0.144. The number of piperazine rings is 1. The lowest BCUT2D eigenvalue weighted by Gasteiger charge is -2.35. The lowest BCUT2D eigenvalue weighted by molar-refractivity contribution is -0.138. The lowest BCUT2D eigenvalue weighted by atomic mass is 9.91. The highest BCUT2D eigenvalue weighted by Crippen LogP contribution is 2.28. The Morgan fingerprint density at radius 2 is 1.77 bits per heavy atom. The van der Waals surface area contributed by atoms with Gasteiger partial charge in [-0.15, -0.1) is 0 Å². The average molecular weight is 739 g/mol. The Hall–Kier alpha value is -4.23. The molecule has 2 unspecified atom stereocenters. The van der Waals surface area contributed by atoms with Crippen molar-refractivity contribution in [3.8, 4) is 5.75 Å². The zero-order chi connectivity index (χ0) is 39.5. The van der Waals surface area contributed by atoms with Crippen molar-refractivity contribution in [1.82, 2.24) is 29.2 Å². The number of aldehydes is 1. The number of unbranched alkanes of at least 4 members (excludes halogenated alkanes) is 1. The molecule has 3 heterocycles. The minimum Gasteiger partial charge on any atom is -0.496 e. The van der Waals surface area contributed by atoms with E-state index < -0.39 is 0 Å². The van der Waals surface area contributed by atoms with E-state index in [-0.39, 0.29) is 55.1 Å². The maximum atomic E-state index is 13.0. The lowest BCUT2D eigenvalue weighted by Crippen LogP contribution is -2.49. The molecule has 0 bridgehead atoms. The number of nitrogens with two attached hydrogens (primary N) is 1. The van der Waals surface area contributed by atoms with Gasteiger partial charge in [-0.1, -0.05) is 67.4 Å². The van der Waals surface area contributed by atoms with E-state index in [1.54, 1.807) is 19.1 Å². The van der Waals surface area contributed by atoms with E-state index in [0.29, 0.717) is 32.0 Å². The fourth-order valence-corrected chi connectivity index (χ4v) is 6.44. The third-order valence-corrected chi connectivity index (χ3v) is 9.42. The van der Waals surface area contributed by atoms with E-state index in [4.69, 9.17) is 10.5 Å². The molecule has 4 N–H and O–H groups in total. The van der Waals surface area contributed by atoms with Gasteiger partial charge in [0, 0.05) is 76.8 Å². The fourth-order valence-electron chi connectivity index (χ4n) is 6.44. The number of ether oxygens (including phenoxy) is 1. The highest BCUT2D eigenvalue weighted by Gasteiger charge is 2.27. The molecular weight excluding hydrogens is 672 g/mol. The zero-order valence-corrected chi connectivity index (χ0v) is 33.7. The molecule has 2 amide bonds. The second-order valence-corrected chi connectivity index (χ2v) is 13.3. The summed E-state index contributed by atoms with van der Waals surface area (Å²) in [4.78, 5) is 51.6. The molecule has 13 heteroatoms. The Labute approximate surface area is 317 Å². The minimum atomic E-state index is -0.356. The van der Waals surface area contributed by atoms with Gasteiger partial charge in [0.15, 0.2) is 5.82 Å². The predicted molar refractivity (Wildman–Crippen MR) is 214 cm³/mol. The van der Waals surface area contributed by atoms with Gasteiger partial charge in [0.1, 0.15) is 17.6 Å². The Morgan fingerprint density at radius 1 is 1.08 bits per heavy atom. The third kappa shape index (κ3) is 13.0. The smallest absolute Gasteiger partial charge is 0.226 e. The highest BCUT2D eigenvalue weighted by atomic mass is 16.5. The first kappa shape index (κ1) is 44.9. The van der Waals surface area contributed by atoms with E-state index in [2.05, 4.69) is 43.8 Å². The molecule has 0 aliphatic carbocycles. The number of aliphatic hydroxyl groups is 1. The van der Waals surface area contributed by atoms with Crippen LogP contribution in [0, 0.1) is 11.8 Å². The number of fused-ring (bicyclic) bond motifs is 1. The van der Waals surface area contributed by atoms with Crippen LogP contribution >= 0.6 is 0 Å². The number of amides is 2. The molecule has 0 radical (unpaired) electrons. The van der Waals surface area contributed by atoms with Crippen molar-refractivity contribution < 1.29 is 24.2 Å². The summed E-state index contributed by atoms with van der Waals surface area (Å²) >= 11 is 0. The van der Waals surface area contributed by atoms with Crippen LogP contribution in [0.2, 0.25) is 0 Å². The molecule has 2 aromatic heterocycles. The first-order valence-corrected chi connectivity index (χ1v) is 19.4. The molecule has 2 atom stereocenters. The summed E-state index contributed by atoms with van der Waals surface area (Å²) in [6.07, 6.45) is 6.06. The van der Waals surface area contributed by atoms with Gasteiger partial charge < -0.3 is 40.1 Å². The SMILES string of the molecule is CC.CC.CCCCC(CO)Nc1nc(N)nc2ccn(Cc3cc(CN4CCN(C(=O)CCN(C)C(=O)C(CC=O)C(C)C)CC4)ccc3OC)c12. The summed E-state index contributed by atoms with van der Waals surface area (Å²) in [6, 6.07) is 8.00. The number of aliphatic hydroxyl groups excluding tert-OH is 1. The van der Waals surface area contributed by atoms with Gasteiger partial charge in [-0.2, -0.15) is 4.98 Å². The molecule has 0 saturated carbocycles. The molecule has 1 saturated heterocycles. The van der Waals surface area contributed by atoms with Gasteiger partial charge >= 0.3 is 0 Å². The van der Waals surface area contributed by atoms with Crippen LogP contribution in [0.3, 0.4) is 0 Å². The van der Waals surface area contributed by atoms with Crippen LogP contribution in [-0.4, -0.2) is 112 Å². The molecule has 1 aliphatic rings. The Balaban J connectivity index is 0.00000235.